The summed E-state index contributed by atoms with van der Waals surface area (Å²) in [4.78, 5) is 14.8. The average molecular weight is 425 g/mol. The Morgan fingerprint density at radius 2 is 1.47 bits per heavy atom. The van der Waals surface area contributed by atoms with Crippen LogP contribution < -0.4 is 0 Å². The topological polar surface area (TPSA) is 58.6 Å². The lowest BCUT2D eigenvalue weighted by molar-refractivity contribution is 0.0561. The van der Waals surface area contributed by atoms with Crippen LogP contribution in [-0.4, -0.2) is 33.1 Å². The normalized spacial score (nSPS) is 12.3. The van der Waals surface area contributed by atoms with Gasteiger partial charge in [-0.05, 0) is 36.4 Å². The molecule has 160 valence electrons. The summed E-state index contributed by atoms with van der Waals surface area (Å²) < 4.78 is 7.60. The number of nitrogens with zero attached hydrogens (tertiary/aromatic N) is 2. The second kappa shape index (κ2) is 8.73. The van der Waals surface area contributed by atoms with E-state index in [9.17, 15) is 9.90 Å². The highest BCUT2D eigenvalue weighted by atomic mass is 16.3. The highest BCUT2D eigenvalue weighted by Gasteiger charge is 2.22. The van der Waals surface area contributed by atoms with E-state index in [4.69, 9.17) is 4.42 Å². The van der Waals surface area contributed by atoms with E-state index in [0.29, 0.717) is 24.4 Å². The first-order chi connectivity index (χ1) is 15.7. The molecule has 0 bridgehead atoms. The molecule has 5 rings (SSSR count). The van der Waals surface area contributed by atoms with Crippen LogP contribution in [0.3, 0.4) is 0 Å². The van der Waals surface area contributed by atoms with Crippen molar-refractivity contribution in [3.05, 3.63) is 109 Å². The van der Waals surface area contributed by atoms with Crippen LogP contribution in [0.1, 0.15) is 16.1 Å². The molecule has 1 N–H and O–H groups in total. The molecule has 0 radical (unpaired) electrons. The van der Waals surface area contributed by atoms with E-state index >= 15 is 0 Å². The molecule has 32 heavy (non-hydrogen) atoms. The van der Waals surface area contributed by atoms with E-state index < -0.39 is 6.10 Å². The van der Waals surface area contributed by atoms with Crippen molar-refractivity contribution in [1.29, 1.82) is 0 Å². The number of aliphatic hydroxyl groups excluding tert-OH is 1. The fraction of sp³-hybridized carbons (Fsp3) is 0.148. The number of hydrogen-bond donors (Lipinski definition) is 1. The Morgan fingerprint density at radius 1 is 0.844 bits per heavy atom. The maximum atomic E-state index is 13.2. The molecule has 0 aliphatic rings. The van der Waals surface area contributed by atoms with Gasteiger partial charge in [-0.2, -0.15) is 0 Å². The second-order valence-corrected chi connectivity index (χ2v) is 7.93. The lowest BCUT2D eigenvalue weighted by Gasteiger charge is -2.25. The molecule has 2 heterocycles. The van der Waals surface area contributed by atoms with E-state index in [2.05, 4.69) is 28.8 Å². The first-order valence-corrected chi connectivity index (χ1v) is 10.7. The van der Waals surface area contributed by atoms with Crippen LogP contribution in [0.4, 0.5) is 0 Å². The van der Waals surface area contributed by atoms with Gasteiger partial charge in [0, 0.05) is 33.9 Å². The summed E-state index contributed by atoms with van der Waals surface area (Å²) in [7, 11) is 0. The molecule has 0 aliphatic carbocycles. The minimum Gasteiger partial charge on any atom is -0.467 e. The molecular formula is C27H24N2O3. The number of furan rings is 1. The van der Waals surface area contributed by atoms with Gasteiger partial charge < -0.3 is 19.0 Å². The second-order valence-electron chi connectivity index (χ2n) is 7.93. The van der Waals surface area contributed by atoms with Crippen LogP contribution in [0.25, 0.3) is 21.8 Å². The van der Waals surface area contributed by atoms with Gasteiger partial charge in [-0.25, -0.2) is 0 Å². The van der Waals surface area contributed by atoms with E-state index in [-0.39, 0.29) is 12.5 Å². The molecule has 1 atom stereocenters. The van der Waals surface area contributed by atoms with Crippen molar-refractivity contribution in [2.24, 2.45) is 0 Å². The molecule has 0 saturated heterocycles. The van der Waals surface area contributed by atoms with Gasteiger partial charge in [0.15, 0.2) is 0 Å². The number of benzene rings is 3. The molecule has 0 saturated carbocycles. The van der Waals surface area contributed by atoms with Crippen LogP contribution in [0.5, 0.6) is 0 Å². The van der Waals surface area contributed by atoms with E-state index in [1.165, 1.54) is 0 Å². The van der Waals surface area contributed by atoms with Gasteiger partial charge in [-0.3, -0.25) is 4.79 Å². The standard InChI is InChI=1S/C27H24N2O3/c30-21(18-29-25-14-6-4-12-23(25)24-13-5-7-15-26(24)29)17-28(19-22-11-8-16-32-22)27(31)20-9-2-1-3-10-20/h1-16,21,30H,17-19H2/t21-/m1/s1. The van der Waals surface area contributed by atoms with Crippen LogP contribution in [0.15, 0.2) is 102 Å². The van der Waals surface area contributed by atoms with Gasteiger partial charge in [-0.1, -0.05) is 54.6 Å². The van der Waals surface area contributed by atoms with Crippen molar-refractivity contribution in [2.45, 2.75) is 19.2 Å². The maximum absolute atomic E-state index is 13.2. The number of aromatic nitrogens is 1. The Balaban J connectivity index is 1.43. The Hall–Kier alpha value is -3.83. The highest BCUT2D eigenvalue weighted by Crippen LogP contribution is 2.29. The Bertz CT molecular complexity index is 1290. The first kappa shape index (κ1) is 20.1. The van der Waals surface area contributed by atoms with E-state index in [0.717, 1.165) is 21.8 Å². The predicted octanol–water partition coefficient (Wildman–Crippen LogP) is 5.09. The maximum Gasteiger partial charge on any atom is 0.254 e. The van der Waals surface area contributed by atoms with Crippen molar-refractivity contribution >= 4 is 27.7 Å². The van der Waals surface area contributed by atoms with Crippen molar-refractivity contribution in [1.82, 2.24) is 9.47 Å². The minimum atomic E-state index is -0.753. The van der Waals surface area contributed by atoms with Crippen LogP contribution >= 0.6 is 0 Å². The number of fused-ring (bicyclic) bond motifs is 3. The zero-order valence-corrected chi connectivity index (χ0v) is 17.6. The molecule has 2 aromatic heterocycles. The van der Waals surface area contributed by atoms with Crippen molar-refractivity contribution < 1.29 is 14.3 Å². The van der Waals surface area contributed by atoms with Crippen molar-refractivity contribution in [3.8, 4) is 0 Å². The Morgan fingerprint density at radius 3 is 2.09 bits per heavy atom. The fourth-order valence-electron chi connectivity index (χ4n) is 4.30. The molecule has 0 fully saturated rings. The number of amides is 1. The number of hydrogen-bond acceptors (Lipinski definition) is 3. The smallest absolute Gasteiger partial charge is 0.254 e. The summed E-state index contributed by atoms with van der Waals surface area (Å²) in [5.74, 6) is 0.543. The third-order valence-corrected chi connectivity index (χ3v) is 5.74. The third kappa shape index (κ3) is 3.90. The van der Waals surface area contributed by atoms with Crippen LogP contribution in [-0.2, 0) is 13.1 Å². The zero-order valence-electron chi connectivity index (χ0n) is 17.6. The average Bonchev–Trinajstić information content (AvgIpc) is 3.46. The first-order valence-electron chi connectivity index (χ1n) is 10.7. The monoisotopic (exact) mass is 424 g/mol. The quantitative estimate of drug-likeness (QED) is 0.396. The lowest BCUT2D eigenvalue weighted by Crippen LogP contribution is -2.38. The van der Waals surface area contributed by atoms with Gasteiger partial charge in [0.05, 0.1) is 25.5 Å². The van der Waals surface area contributed by atoms with Crippen LogP contribution in [0.2, 0.25) is 0 Å². The molecule has 5 aromatic rings. The summed E-state index contributed by atoms with van der Waals surface area (Å²) in [5, 5.41) is 13.4. The zero-order chi connectivity index (χ0) is 21.9. The number of aliphatic hydroxyl groups is 1. The predicted molar refractivity (Wildman–Crippen MR) is 125 cm³/mol. The molecule has 0 unspecified atom stereocenters. The van der Waals surface area contributed by atoms with E-state index in [1.807, 2.05) is 48.5 Å². The molecule has 5 nitrogen and oxygen atoms in total. The van der Waals surface area contributed by atoms with Gasteiger partial charge in [-0.15, -0.1) is 0 Å². The third-order valence-electron chi connectivity index (χ3n) is 5.74. The van der Waals surface area contributed by atoms with E-state index in [1.54, 1.807) is 29.4 Å². The molecule has 5 heteroatoms. The fourth-order valence-corrected chi connectivity index (χ4v) is 4.30. The van der Waals surface area contributed by atoms with Crippen molar-refractivity contribution in [2.75, 3.05) is 6.54 Å². The summed E-state index contributed by atoms with van der Waals surface area (Å²) >= 11 is 0. The van der Waals surface area contributed by atoms with Gasteiger partial charge >= 0.3 is 0 Å². The SMILES string of the molecule is O=C(c1ccccc1)N(Cc1ccco1)C[C@@H](O)Cn1c2ccccc2c2ccccc21. The number of carbonyl (C=O) groups is 1. The Labute approximate surface area is 186 Å². The molecule has 3 aromatic carbocycles. The van der Waals surface area contributed by atoms with Gasteiger partial charge in [0.2, 0.25) is 0 Å². The molecule has 0 aliphatic heterocycles. The number of carbonyl (C=O) groups excluding carboxylic acids is 1. The highest BCUT2D eigenvalue weighted by molar-refractivity contribution is 6.07. The van der Waals surface area contributed by atoms with Crippen molar-refractivity contribution in [3.63, 3.8) is 0 Å². The lowest BCUT2D eigenvalue weighted by atomic mass is 10.2. The molecular weight excluding hydrogens is 400 g/mol. The summed E-state index contributed by atoms with van der Waals surface area (Å²) in [5.41, 5.74) is 2.72. The largest absolute Gasteiger partial charge is 0.467 e. The minimum absolute atomic E-state index is 0.136. The molecule has 0 spiro atoms. The Kier molecular flexibility index (Phi) is 5.48. The summed E-state index contributed by atoms with van der Waals surface area (Å²) in [6, 6.07) is 29.2. The summed E-state index contributed by atoms with van der Waals surface area (Å²) in [6.45, 7) is 0.866. The van der Waals surface area contributed by atoms with Gasteiger partial charge in [0.25, 0.3) is 5.91 Å². The number of rotatable bonds is 7. The summed E-state index contributed by atoms with van der Waals surface area (Å²) in [6.07, 6.45) is 0.839. The molecule has 1 amide bonds. The van der Waals surface area contributed by atoms with Crippen LogP contribution in [0, 0.1) is 0 Å². The van der Waals surface area contributed by atoms with Gasteiger partial charge in [0.1, 0.15) is 5.76 Å². The number of para-hydroxylation sites is 2.